The highest BCUT2D eigenvalue weighted by molar-refractivity contribution is 7.90. The summed E-state index contributed by atoms with van der Waals surface area (Å²) in [6.07, 6.45) is -0.00560. The number of nitrogens with zero attached hydrogens (tertiary/aromatic N) is 3. The Morgan fingerprint density at radius 3 is 2.58 bits per heavy atom. The molecule has 1 aromatic carbocycles. The van der Waals surface area contributed by atoms with Crippen LogP contribution in [0, 0.1) is 0 Å². The van der Waals surface area contributed by atoms with E-state index in [1.165, 1.54) is 18.3 Å². The number of halogens is 3. The van der Waals surface area contributed by atoms with Crippen LogP contribution in [0.1, 0.15) is 48.3 Å². The van der Waals surface area contributed by atoms with Gasteiger partial charge in [-0.2, -0.15) is 13.2 Å². The van der Waals surface area contributed by atoms with Crippen molar-refractivity contribution in [2.75, 3.05) is 11.6 Å². The van der Waals surface area contributed by atoms with E-state index in [0.717, 1.165) is 12.3 Å². The zero-order chi connectivity index (χ0) is 22.4. The molecule has 1 atom stereocenters. The minimum Gasteiger partial charge on any atom is -0.363 e. The third-order valence-corrected chi connectivity index (χ3v) is 6.38. The fourth-order valence-corrected chi connectivity index (χ4v) is 4.48. The zero-order valence-corrected chi connectivity index (χ0v) is 17.8. The van der Waals surface area contributed by atoms with E-state index in [1.807, 2.05) is 0 Å². The summed E-state index contributed by atoms with van der Waals surface area (Å²) < 4.78 is 64.8. The lowest BCUT2D eigenvalue weighted by Gasteiger charge is -2.22. The number of alkyl halides is 3. The Kier molecular flexibility index (Phi) is 5.36. The highest BCUT2D eigenvalue weighted by atomic mass is 32.2. The summed E-state index contributed by atoms with van der Waals surface area (Å²) in [5.74, 6) is 0.920. The number of aryl methyl sites for hydroxylation is 1. The third-order valence-electron chi connectivity index (χ3n) is 5.40. The number of sulfone groups is 1. The first kappa shape index (κ1) is 21.5. The monoisotopic (exact) mass is 450 g/mol. The number of hydrogen-bond donors (Lipinski definition) is 1. The van der Waals surface area contributed by atoms with Gasteiger partial charge < -0.3 is 5.32 Å². The van der Waals surface area contributed by atoms with Crippen molar-refractivity contribution >= 4 is 26.6 Å². The molecule has 31 heavy (non-hydrogen) atoms. The quantitative estimate of drug-likeness (QED) is 0.588. The van der Waals surface area contributed by atoms with Crippen LogP contribution in [0.3, 0.4) is 0 Å². The maximum absolute atomic E-state index is 13.6. The number of hydrogen-bond acceptors (Lipinski definition) is 6. The fourth-order valence-electron chi connectivity index (χ4n) is 3.91. The molecule has 0 aliphatic carbocycles. The molecule has 1 N–H and O–H groups in total. The second-order valence-corrected chi connectivity index (χ2v) is 9.71. The summed E-state index contributed by atoms with van der Waals surface area (Å²) in [7, 11) is -3.55. The SMILES string of the molecule is CC1Nc2nc(nc3cnc(S(C)(=O)=O)cc23)CCCCc2c1cccc2C(F)(F)F. The van der Waals surface area contributed by atoms with Crippen LogP contribution in [0.15, 0.2) is 35.5 Å². The van der Waals surface area contributed by atoms with E-state index in [0.29, 0.717) is 53.8 Å². The van der Waals surface area contributed by atoms with Crippen molar-refractivity contribution < 1.29 is 21.6 Å². The van der Waals surface area contributed by atoms with Crippen LogP contribution in [-0.4, -0.2) is 29.6 Å². The van der Waals surface area contributed by atoms with Crippen molar-refractivity contribution in [3.8, 4) is 0 Å². The molecule has 0 amide bonds. The highest BCUT2D eigenvalue weighted by Gasteiger charge is 2.34. The van der Waals surface area contributed by atoms with Gasteiger partial charge in [-0.05, 0) is 49.4 Å². The molecular formula is C21H21F3N4O2S. The molecule has 1 aliphatic rings. The lowest BCUT2D eigenvalue weighted by atomic mass is 9.92. The second-order valence-electron chi connectivity index (χ2n) is 7.74. The van der Waals surface area contributed by atoms with Crippen LogP contribution in [0.2, 0.25) is 0 Å². The predicted octanol–water partition coefficient (Wildman–Crippen LogP) is 4.50. The van der Waals surface area contributed by atoms with Crippen LogP contribution in [0.5, 0.6) is 0 Å². The summed E-state index contributed by atoms with van der Waals surface area (Å²) in [6, 6.07) is 5.12. The molecular weight excluding hydrogens is 429 g/mol. The van der Waals surface area contributed by atoms with Gasteiger partial charge in [0.15, 0.2) is 14.9 Å². The predicted molar refractivity (Wildman–Crippen MR) is 111 cm³/mol. The first-order valence-corrected chi connectivity index (χ1v) is 11.8. The van der Waals surface area contributed by atoms with Gasteiger partial charge in [0.25, 0.3) is 0 Å². The van der Waals surface area contributed by atoms with E-state index in [9.17, 15) is 21.6 Å². The minimum absolute atomic E-state index is 0.115. The number of fused-ring (bicyclic) bond motifs is 5. The molecule has 0 radical (unpaired) electrons. The van der Waals surface area contributed by atoms with Crippen LogP contribution in [0.25, 0.3) is 10.9 Å². The van der Waals surface area contributed by atoms with Crippen LogP contribution < -0.4 is 5.32 Å². The highest BCUT2D eigenvalue weighted by Crippen LogP contribution is 2.37. The second kappa shape index (κ2) is 7.74. The molecule has 164 valence electrons. The van der Waals surface area contributed by atoms with Gasteiger partial charge in [0, 0.05) is 18.1 Å². The molecule has 0 saturated heterocycles. The van der Waals surface area contributed by atoms with E-state index in [1.54, 1.807) is 13.0 Å². The van der Waals surface area contributed by atoms with Gasteiger partial charge >= 0.3 is 6.18 Å². The number of anilines is 1. The lowest BCUT2D eigenvalue weighted by molar-refractivity contribution is -0.138. The van der Waals surface area contributed by atoms with Crippen molar-refractivity contribution in [1.29, 1.82) is 0 Å². The van der Waals surface area contributed by atoms with Gasteiger partial charge in [-0.25, -0.2) is 23.4 Å². The average Bonchev–Trinajstić information content (AvgIpc) is 2.71. The van der Waals surface area contributed by atoms with Crippen molar-refractivity contribution in [3.05, 3.63) is 53.0 Å². The molecule has 1 unspecified atom stereocenters. The van der Waals surface area contributed by atoms with Crippen LogP contribution in [0.4, 0.5) is 19.0 Å². The van der Waals surface area contributed by atoms with Gasteiger partial charge in [-0.3, -0.25) is 0 Å². The standard InChI is InChI=1S/C21H21F3N4O2S/c1-12-13-7-5-8-16(21(22,23)24)14(13)6-3-4-9-18-27-17-11-25-19(31(2,29)30)10-15(17)20(26-12)28-18/h5,7-8,10-12H,3-4,6,9H2,1-2H3,(H,26,27,28). The van der Waals surface area contributed by atoms with Gasteiger partial charge in [-0.15, -0.1) is 0 Å². The Morgan fingerprint density at radius 2 is 1.87 bits per heavy atom. The molecule has 2 aromatic heterocycles. The third kappa shape index (κ3) is 4.34. The Hall–Kier alpha value is -2.75. The summed E-state index contributed by atoms with van der Waals surface area (Å²) in [5, 5.41) is 3.54. The number of pyridine rings is 1. The van der Waals surface area contributed by atoms with Crippen molar-refractivity contribution in [2.45, 2.75) is 49.9 Å². The number of rotatable bonds is 1. The van der Waals surface area contributed by atoms with E-state index >= 15 is 0 Å². The van der Waals surface area contributed by atoms with E-state index in [4.69, 9.17) is 0 Å². The molecule has 2 bridgehead atoms. The largest absolute Gasteiger partial charge is 0.416 e. The molecule has 6 nitrogen and oxygen atoms in total. The Balaban J connectivity index is 1.88. The molecule has 3 heterocycles. The molecule has 0 saturated carbocycles. The van der Waals surface area contributed by atoms with Crippen molar-refractivity contribution in [2.24, 2.45) is 0 Å². The number of benzene rings is 1. The van der Waals surface area contributed by atoms with Gasteiger partial charge in [-0.1, -0.05) is 12.1 Å². The first-order chi connectivity index (χ1) is 14.5. The first-order valence-electron chi connectivity index (χ1n) is 9.86. The number of nitrogens with one attached hydrogen (secondary N) is 1. The van der Waals surface area contributed by atoms with Crippen LogP contribution in [-0.2, 0) is 28.9 Å². The number of aromatic nitrogens is 3. The fraction of sp³-hybridized carbons (Fsp3) is 0.381. The Labute approximate surface area is 177 Å². The lowest BCUT2D eigenvalue weighted by Crippen LogP contribution is -2.16. The van der Waals surface area contributed by atoms with Gasteiger partial charge in [0.2, 0.25) is 0 Å². The summed E-state index contributed by atoms with van der Waals surface area (Å²) >= 11 is 0. The molecule has 0 fully saturated rings. The van der Waals surface area contributed by atoms with Crippen LogP contribution >= 0.6 is 0 Å². The topological polar surface area (TPSA) is 84.8 Å². The summed E-state index contributed by atoms with van der Waals surface area (Å²) in [5.41, 5.74) is 0.683. The van der Waals surface area contributed by atoms with Gasteiger partial charge in [0.1, 0.15) is 11.6 Å². The summed E-state index contributed by atoms with van der Waals surface area (Å²) in [6.45, 7) is 1.77. The van der Waals surface area contributed by atoms with Gasteiger partial charge in [0.05, 0.1) is 23.3 Å². The van der Waals surface area contributed by atoms with Crippen molar-refractivity contribution in [1.82, 2.24) is 15.0 Å². The molecule has 10 heteroatoms. The normalized spacial score (nSPS) is 17.5. The summed E-state index contributed by atoms with van der Waals surface area (Å²) in [4.78, 5) is 13.0. The minimum atomic E-state index is -4.44. The molecule has 0 spiro atoms. The Bertz CT molecular complexity index is 1260. The maximum atomic E-state index is 13.6. The van der Waals surface area contributed by atoms with Crippen molar-refractivity contribution in [3.63, 3.8) is 0 Å². The van der Waals surface area contributed by atoms with E-state index in [2.05, 4.69) is 20.3 Å². The zero-order valence-electron chi connectivity index (χ0n) is 17.0. The van der Waals surface area contributed by atoms with E-state index < -0.39 is 27.6 Å². The maximum Gasteiger partial charge on any atom is 0.416 e. The molecule has 3 aromatic rings. The average molecular weight is 450 g/mol. The Morgan fingerprint density at radius 1 is 1.13 bits per heavy atom. The molecule has 4 rings (SSSR count). The van der Waals surface area contributed by atoms with E-state index in [-0.39, 0.29) is 10.6 Å². The molecule has 1 aliphatic heterocycles. The smallest absolute Gasteiger partial charge is 0.363 e.